The van der Waals surface area contributed by atoms with Crippen molar-refractivity contribution in [2.24, 2.45) is 7.05 Å². The molecule has 0 saturated heterocycles. The predicted molar refractivity (Wildman–Crippen MR) is 65.3 cm³/mol. The predicted octanol–water partition coefficient (Wildman–Crippen LogP) is 2.04. The monoisotopic (exact) mass is 215 g/mol. The Morgan fingerprint density at radius 2 is 1.94 bits per heavy atom. The Morgan fingerprint density at radius 3 is 2.44 bits per heavy atom. The van der Waals surface area contributed by atoms with Gasteiger partial charge in [-0.3, -0.25) is 4.68 Å². The van der Waals surface area contributed by atoms with Crippen LogP contribution >= 0.6 is 0 Å². The maximum atomic E-state index is 4.29. The van der Waals surface area contributed by atoms with Crippen LogP contribution in [-0.4, -0.2) is 16.8 Å². The summed E-state index contributed by atoms with van der Waals surface area (Å²) >= 11 is 0. The average Bonchev–Trinajstić information content (AvgIpc) is 2.64. The second-order valence-corrected chi connectivity index (χ2v) is 3.94. The van der Waals surface area contributed by atoms with Crippen molar-refractivity contribution in [1.29, 1.82) is 0 Å². The van der Waals surface area contributed by atoms with E-state index in [-0.39, 0.29) is 6.04 Å². The van der Waals surface area contributed by atoms with E-state index in [2.05, 4.69) is 41.6 Å². The van der Waals surface area contributed by atoms with E-state index in [1.807, 2.05) is 31.0 Å². The highest BCUT2D eigenvalue weighted by molar-refractivity contribution is 5.32. The fourth-order valence-electron chi connectivity index (χ4n) is 1.95. The minimum atomic E-state index is 0.218. The van der Waals surface area contributed by atoms with Crippen molar-refractivity contribution in [3.05, 3.63) is 53.3 Å². The second kappa shape index (κ2) is 4.49. The number of rotatable bonds is 3. The van der Waals surface area contributed by atoms with E-state index in [0.717, 1.165) is 0 Å². The largest absolute Gasteiger partial charge is 0.309 e. The van der Waals surface area contributed by atoms with Crippen LogP contribution in [0.25, 0.3) is 0 Å². The lowest BCUT2D eigenvalue weighted by Gasteiger charge is -2.16. The van der Waals surface area contributed by atoms with Crippen LogP contribution in [0.5, 0.6) is 0 Å². The normalized spacial score (nSPS) is 12.7. The van der Waals surface area contributed by atoms with Crippen LogP contribution in [0, 0.1) is 6.92 Å². The summed E-state index contributed by atoms with van der Waals surface area (Å²) < 4.78 is 1.91. The molecule has 1 atom stereocenters. The topological polar surface area (TPSA) is 29.9 Å². The third kappa shape index (κ3) is 1.86. The molecule has 1 unspecified atom stereocenters. The maximum Gasteiger partial charge on any atom is 0.0608 e. The van der Waals surface area contributed by atoms with Crippen LogP contribution in [0.15, 0.2) is 36.5 Å². The van der Waals surface area contributed by atoms with Crippen molar-refractivity contribution < 1.29 is 0 Å². The molecule has 16 heavy (non-hydrogen) atoms. The summed E-state index contributed by atoms with van der Waals surface area (Å²) in [6.07, 6.45) is 1.93. The Kier molecular flexibility index (Phi) is 3.06. The van der Waals surface area contributed by atoms with Crippen LogP contribution in [0.1, 0.15) is 22.9 Å². The lowest BCUT2D eigenvalue weighted by atomic mass is 10.00. The smallest absolute Gasteiger partial charge is 0.0608 e. The van der Waals surface area contributed by atoms with E-state index >= 15 is 0 Å². The molecular formula is C13H17N3. The lowest BCUT2D eigenvalue weighted by Crippen LogP contribution is -2.18. The fraction of sp³-hybridized carbons (Fsp3) is 0.308. The van der Waals surface area contributed by atoms with Crippen molar-refractivity contribution in [3.8, 4) is 0 Å². The van der Waals surface area contributed by atoms with Gasteiger partial charge in [0.05, 0.1) is 12.2 Å². The molecule has 1 aromatic carbocycles. The Balaban J connectivity index is 2.41. The van der Waals surface area contributed by atoms with Crippen LogP contribution in [0.4, 0.5) is 0 Å². The molecule has 1 N–H and O–H groups in total. The van der Waals surface area contributed by atoms with Crippen LogP contribution in [0.3, 0.4) is 0 Å². The quantitative estimate of drug-likeness (QED) is 0.849. The van der Waals surface area contributed by atoms with E-state index in [1.54, 1.807) is 0 Å². The standard InChI is InChI=1S/C13H17N3/c1-10-12(9-15-16(10)3)13(14-2)11-7-5-4-6-8-11/h4-9,13-14H,1-3H3. The molecule has 3 heteroatoms. The third-order valence-corrected chi connectivity index (χ3v) is 3.01. The molecule has 0 bridgehead atoms. The van der Waals surface area contributed by atoms with Crippen molar-refractivity contribution in [1.82, 2.24) is 15.1 Å². The molecule has 0 amide bonds. The van der Waals surface area contributed by atoms with Crippen molar-refractivity contribution in [2.75, 3.05) is 7.05 Å². The first-order valence-corrected chi connectivity index (χ1v) is 5.44. The first kappa shape index (κ1) is 10.9. The molecule has 2 rings (SSSR count). The summed E-state index contributed by atoms with van der Waals surface area (Å²) in [5, 5.41) is 7.62. The minimum Gasteiger partial charge on any atom is -0.309 e. The van der Waals surface area contributed by atoms with Gasteiger partial charge in [-0.15, -0.1) is 0 Å². The van der Waals surface area contributed by atoms with Crippen molar-refractivity contribution >= 4 is 0 Å². The molecule has 0 fully saturated rings. The van der Waals surface area contributed by atoms with Crippen LogP contribution in [-0.2, 0) is 7.05 Å². The lowest BCUT2D eigenvalue weighted by molar-refractivity contribution is 0.679. The molecule has 2 aromatic rings. The zero-order valence-corrected chi connectivity index (χ0v) is 9.94. The van der Waals surface area contributed by atoms with Gasteiger partial charge in [-0.25, -0.2) is 0 Å². The highest BCUT2D eigenvalue weighted by Gasteiger charge is 2.16. The van der Waals surface area contributed by atoms with Crippen LogP contribution < -0.4 is 5.32 Å². The van der Waals surface area contributed by atoms with Crippen molar-refractivity contribution in [2.45, 2.75) is 13.0 Å². The second-order valence-electron chi connectivity index (χ2n) is 3.94. The fourth-order valence-corrected chi connectivity index (χ4v) is 1.95. The van der Waals surface area contributed by atoms with Gasteiger partial charge in [0, 0.05) is 18.3 Å². The summed E-state index contributed by atoms with van der Waals surface area (Å²) in [6.45, 7) is 2.09. The van der Waals surface area contributed by atoms with Crippen LogP contribution in [0.2, 0.25) is 0 Å². The third-order valence-electron chi connectivity index (χ3n) is 3.01. The Labute approximate surface area is 96.1 Å². The molecule has 1 aromatic heterocycles. The van der Waals surface area contributed by atoms with Gasteiger partial charge in [-0.2, -0.15) is 5.10 Å². The number of aryl methyl sites for hydroxylation is 1. The maximum absolute atomic E-state index is 4.29. The number of hydrogen-bond donors (Lipinski definition) is 1. The SMILES string of the molecule is CNC(c1ccccc1)c1cnn(C)c1C. The first-order chi connectivity index (χ1) is 7.74. The Bertz CT molecular complexity index is 459. The summed E-state index contributed by atoms with van der Waals surface area (Å²) in [4.78, 5) is 0. The Hall–Kier alpha value is -1.61. The molecule has 1 heterocycles. The van der Waals surface area contributed by atoms with Gasteiger partial charge < -0.3 is 5.32 Å². The van der Waals surface area contributed by atoms with Gasteiger partial charge in [0.25, 0.3) is 0 Å². The van der Waals surface area contributed by atoms with E-state index in [4.69, 9.17) is 0 Å². The highest BCUT2D eigenvalue weighted by atomic mass is 15.3. The minimum absolute atomic E-state index is 0.218. The molecular weight excluding hydrogens is 198 g/mol. The van der Waals surface area contributed by atoms with E-state index in [9.17, 15) is 0 Å². The van der Waals surface area contributed by atoms with E-state index in [0.29, 0.717) is 0 Å². The number of benzene rings is 1. The van der Waals surface area contributed by atoms with Gasteiger partial charge >= 0.3 is 0 Å². The summed E-state index contributed by atoms with van der Waals surface area (Å²) in [5.74, 6) is 0. The van der Waals surface area contributed by atoms with Crippen molar-refractivity contribution in [3.63, 3.8) is 0 Å². The number of aromatic nitrogens is 2. The Morgan fingerprint density at radius 1 is 1.25 bits per heavy atom. The van der Waals surface area contributed by atoms with Gasteiger partial charge in [0.1, 0.15) is 0 Å². The zero-order chi connectivity index (χ0) is 11.5. The number of hydrogen-bond acceptors (Lipinski definition) is 2. The molecule has 0 aliphatic rings. The summed E-state index contributed by atoms with van der Waals surface area (Å²) in [6, 6.07) is 10.6. The number of nitrogens with one attached hydrogen (secondary N) is 1. The molecule has 0 aliphatic heterocycles. The van der Waals surface area contributed by atoms with Gasteiger partial charge in [0.2, 0.25) is 0 Å². The molecule has 0 radical (unpaired) electrons. The first-order valence-electron chi connectivity index (χ1n) is 5.44. The van der Waals surface area contributed by atoms with E-state index < -0.39 is 0 Å². The average molecular weight is 215 g/mol. The zero-order valence-electron chi connectivity index (χ0n) is 9.94. The number of nitrogens with zero attached hydrogens (tertiary/aromatic N) is 2. The van der Waals surface area contributed by atoms with Gasteiger partial charge in [0.15, 0.2) is 0 Å². The van der Waals surface area contributed by atoms with E-state index in [1.165, 1.54) is 16.8 Å². The summed E-state index contributed by atoms with van der Waals surface area (Å²) in [7, 11) is 3.95. The van der Waals surface area contributed by atoms with Gasteiger partial charge in [-0.1, -0.05) is 30.3 Å². The molecule has 0 aliphatic carbocycles. The summed E-state index contributed by atoms with van der Waals surface area (Å²) in [5.41, 5.74) is 3.69. The highest BCUT2D eigenvalue weighted by Crippen LogP contribution is 2.23. The van der Waals surface area contributed by atoms with Gasteiger partial charge in [-0.05, 0) is 19.5 Å². The molecule has 84 valence electrons. The molecule has 3 nitrogen and oxygen atoms in total. The molecule has 0 spiro atoms. The molecule has 0 saturated carbocycles.